The summed E-state index contributed by atoms with van der Waals surface area (Å²) in [5, 5.41) is 2.43. The average Bonchev–Trinajstić information content (AvgIpc) is 3.87. The Bertz CT molecular complexity index is 1420. The van der Waals surface area contributed by atoms with E-state index in [9.17, 15) is 0 Å². The molecule has 3 atom stereocenters. The van der Waals surface area contributed by atoms with Gasteiger partial charge in [-0.2, -0.15) is 0 Å². The summed E-state index contributed by atoms with van der Waals surface area (Å²) in [7, 11) is 7.69. The van der Waals surface area contributed by atoms with Crippen LogP contribution in [0.2, 0.25) is 20.2 Å². The molecule has 56 heavy (non-hydrogen) atoms. The van der Waals surface area contributed by atoms with Gasteiger partial charge in [-0.3, -0.25) is 24.7 Å². The standard InChI is InChI=1S/C10H12Cl2N2.C10H12ClIN2.C10H13ClN2.2CH4.ClH.I2.7HI.3V/c1-14-4-2-3-9(14)7-5-8(11)10(12)13-6-7;1-14-4-2-3-9(14)7-5-13-6-8(11)10(7)12;1-13-4-2-3-10(13)8-5-9(11)7-12-6-8;;;;1-2;;;;;;;;;;/h2*5-6,9H,2-4H2,1H3;5-7,10H,2-4H2,1H3;2*1H4;1H;;7*1H;;;/q;;;;;;;;;;;;;;2*+2;+3/p-7/t2*9-;10-;;;;;;;;;;;;;;/m000............../s1. The van der Waals surface area contributed by atoms with E-state index in [-0.39, 0.29) is 32.2 Å². The van der Waals surface area contributed by atoms with Gasteiger partial charge in [-0.1, -0.05) is 61.3 Å². The fourth-order valence-corrected chi connectivity index (χ4v) is 7.13. The van der Waals surface area contributed by atoms with Gasteiger partial charge in [-0.15, -0.1) is 12.4 Å². The van der Waals surface area contributed by atoms with Crippen LogP contribution in [0.3, 0.4) is 0 Å². The van der Waals surface area contributed by atoms with Gasteiger partial charge in [0.1, 0.15) is 5.15 Å². The molecule has 6 heterocycles. The molecule has 0 bridgehead atoms. The Labute approximate surface area is 496 Å². The van der Waals surface area contributed by atoms with E-state index in [0.29, 0.717) is 47.2 Å². The van der Waals surface area contributed by atoms with E-state index in [1.807, 2.05) is 30.7 Å². The Balaban J connectivity index is -0.000000310. The van der Waals surface area contributed by atoms with Gasteiger partial charge in [0.05, 0.1) is 15.1 Å². The van der Waals surface area contributed by atoms with Crippen molar-refractivity contribution in [2.45, 2.75) is 71.5 Å². The molecule has 3 aliphatic rings. The molecule has 0 N–H and O–H groups in total. The van der Waals surface area contributed by atoms with E-state index in [4.69, 9.17) is 46.4 Å². The number of hydrogen-bond acceptors (Lipinski definition) is 6. The van der Waals surface area contributed by atoms with Crippen LogP contribution in [-0.2, 0) is 23.9 Å². The number of halogens is 15. The Morgan fingerprint density at radius 3 is 1.41 bits per heavy atom. The first-order chi connectivity index (χ1) is 25.2. The molecule has 3 aromatic heterocycles. The molecule has 0 unspecified atom stereocenters. The normalized spacial score (nSPS) is 18.2. The molecule has 3 fully saturated rings. The van der Waals surface area contributed by atoms with E-state index in [1.165, 1.54) is 68.3 Å². The first kappa shape index (κ1) is 70.4. The predicted molar refractivity (Wildman–Crippen MR) is 326 cm³/mol. The number of rotatable bonds is 3. The Hall–Kier alpha value is 7.83. The van der Waals surface area contributed by atoms with Crippen LogP contribution < -0.4 is 0 Å². The molecule has 0 radical (unpaired) electrons. The molecular formula is C32H46Cl5I10N6V3. The monoisotopic (exact) mass is 2110 g/mol. The second-order valence-electron chi connectivity index (χ2n) is 11.2. The quantitative estimate of drug-likeness (QED) is 0.192. The van der Waals surface area contributed by atoms with E-state index in [1.54, 1.807) is 12.4 Å². The topological polar surface area (TPSA) is 48.4 Å². The number of nitrogens with zero attached hydrogens (tertiary/aromatic N) is 6. The molecule has 6 rings (SSSR count). The summed E-state index contributed by atoms with van der Waals surface area (Å²) in [4.78, 5) is 19.1. The predicted octanol–water partition coefficient (Wildman–Crippen LogP) is 18.4. The van der Waals surface area contributed by atoms with Crippen molar-refractivity contribution in [2.75, 3.05) is 40.8 Å². The van der Waals surface area contributed by atoms with E-state index in [2.05, 4.69) is 250 Å². The van der Waals surface area contributed by atoms with Crippen LogP contribution in [-0.4, -0.2) is 70.4 Å². The SMILES string of the molecule is C.C.CN1CCC[C@H]1c1cnc(Cl)c(Cl)c1.CN1CCC[C@H]1c1cncc(Cl)c1.CN1CCC[C@H]1c1cncc(Cl)c1I.Cl.II.[I][V]([I])[I].[I][V][I].[I][V][I]. The minimum absolute atomic E-state index is 0. The third-order valence-corrected chi connectivity index (χ3v) is 10.8. The van der Waals surface area contributed by atoms with Crippen molar-refractivity contribution in [3.8, 4) is 0 Å². The number of aromatic nitrogens is 3. The fourth-order valence-electron chi connectivity index (χ4n) is 5.86. The third kappa shape index (κ3) is 30.3. The summed E-state index contributed by atoms with van der Waals surface area (Å²) in [6.45, 7) is 3.50. The van der Waals surface area contributed by atoms with Crippen LogP contribution in [0.1, 0.15) is 88.2 Å². The van der Waals surface area contributed by atoms with Gasteiger partial charge < -0.3 is 0 Å². The average molecular weight is 2110 g/mol. The molecule has 3 aromatic rings. The third-order valence-electron chi connectivity index (χ3n) is 8.10. The number of likely N-dealkylation sites (tertiary alicyclic amines) is 3. The van der Waals surface area contributed by atoms with Crippen LogP contribution in [0, 0.1) is 3.57 Å². The molecule has 0 saturated carbocycles. The second-order valence-corrected chi connectivity index (χ2v) is 72.9. The summed E-state index contributed by atoms with van der Waals surface area (Å²) in [6, 6.07) is 5.42. The van der Waals surface area contributed by atoms with E-state index >= 15 is 0 Å². The zero-order valence-electron chi connectivity index (χ0n) is 28.9. The van der Waals surface area contributed by atoms with Gasteiger partial charge in [0.15, 0.2) is 0 Å². The van der Waals surface area contributed by atoms with Gasteiger partial charge in [0, 0.05) is 95.5 Å². The van der Waals surface area contributed by atoms with Crippen molar-refractivity contribution in [2.24, 2.45) is 0 Å². The van der Waals surface area contributed by atoms with E-state index < -0.39 is 0 Å². The summed E-state index contributed by atoms with van der Waals surface area (Å²) in [5.41, 5.74) is 3.69. The summed E-state index contributed by atoms with van der Waals surface area (Å²) < 4.78 is 1.15. The van der Waals surface area contributed by atoms with Crippen LogP contribution in [0.25, 0.3) is 0 Å². The molecule has 3 saturated heterocycles. The molecule has 324 valence electrons. The van der Waals surface area contributed by atoms with Crippen molar-refractivity contribution < 1.29 is 23.9 Å². The minimum atomic E-state index is -0.278. The molecule has 24 heteroatoms. The van der Waals surface area contributed by atoms with Crippen molar-refractivity contribution in [3.63, 3.8) is 0 Å². The molecule has 0 amide bonds. The molecule has 0 aliphatic carbocycles. The molecular weight excluding hydrogens is 2070 g/mol. The van der Waals surface area contributed by atoms with Crippen molar-refractivity contribution >= 4 is 258 Å². The number of pyridine rings is 3. The zero-order chi connectivity index (χ0) is 40.5. The second kappa shape index (κ2) is 44.1. The summed E-state index contributed by atoms with van der Waals surface area (Å²) >= 11 is 47.0. The summed E-state index contributed by atoms with van der Waals surface area (Å²) in [5.74, 6) is 0. The van der Waals surface area contributed by atoms with Gasteiger partial charge in [0.2, 0.25) is 0 Å². The van der Waals surface area contributed by atoms with Crippen molar-refractivity contribution in [3.05, 3.63) is 83.6 Å². The van der Waals surface area contributed by atoms with Crippen LogP contribution in [0.4, 0.5) is 0 Å². The molecule has 6 nitrogen and oxygen atoms in total. The van der Waals surface area contributed by atoms with Gasteiger partial charge in [-0.05, 0) is 125 Å². The Morgan fingerprint density at radius 1 is 0.643 bits per heavy atom. The van der Waals surface area contributed by atoms with Gasteiger partial charge in [-0.25, -0.2) is 4.98 Å². The van der Waals surface area contributed by atoms with E-state index in [0.717, 1.165) is 20.2 Å². The Kier molecular flexibility index (Phi) is 55.4. The Morgan fingerprint density at radius 2 is 1.04 bits per heavy atom. The van der Waals surface area contributed by atoms with Crippen molar-refractivity contribution in [1.82, 2.24) is 29.7 Å². The van der Waals surface area contributed by atoms with Crippen LogP contribution in [0.5, 0.6) is 0 Å². The van der Waals surface area contributed by atoms with Crippen molar-refractivity contribution in [1.29, 1.82) is 0 Å². The van der Waals surface area contributed by atoms with Gasteiger partial charge >= 0.3 is 164 Å². The molecule has 3 aliphatic heterocycles. The van der Waals surface area contributed by atoms with Crippen LogP contribution in [0.15, 0.2) is 43.1 Å². The molecule has 0 spiro atoms. The zero-order valence-corrected chi connectivity index (χ0v) is 58.5. The molecule has 0 aromatic carbocycles. The van der Waals surface area contributed by atoms with Gasteiger partial charge in [0.25, 0.3) is 0 Å². The first-order valence-corrected chi connectivity index (χ1v) is 55.7. The summed E-state index contributed by atoms with van der Waals surface area (Å²) in [6.07, 6.45) is 16.5. The van der Waals surface area contributed by atoms with Crippen LogP contribution >= 0.6 is 258 Å². The number of hydrogen-bond donors (Lipinski definition) is 0. The maximum absolute atomic E-state index is 6.05. The first-order valence-electron chi connectivity index (χ1n) is 15.3. The maximum atomic E-state index is 6.05. The fraction of sp³-hybridized carbons (Fsp3) is 0.531.